The van der Waals surface area contributed by atoms with Crippen molar-refractivity contribution in [2.75, 3.05) is 0 Å². The van der Waals surface area contributed by atoms with E-state index in [4.69, 9.17) is 5.10 Å². The molecule has 1 N–H and O–H groups in total. The largest absolute Gasteiger partial charge is 0.334 e. The highest BCUT2D eigenvalue weighted by Crippen LogP contribution is 2.38. The number of carbonyl (C=O) groups excluding carboxylic acids is 1. The van der Waals surface area contributed by atoms with Gasteiger partial charge in [0, 0.05) is 18.3 Å². The average Bonchev–Trinajstić information content (AvgIpc) is 3.55. The monoisotopic (exact) mass is 519 g/mol. The number of aryl methyl sites for hydroxylation is 2. The Kier molecular flexibility index (Phi) is 6.49. The third-order valence-electron chi connectivity index (χ3n) is 7.31. The summed E-state index contributed by atoms with van der Waals surface area (Å²) in [6, 6.07) is 28.0. The molecule has 0 aliphatic carbocycles. The topological polar surface area (TPSA) is 55.1 Å². The highest BCUT2D eigenvalue weighted by Gasteiger charge is 2.36. The Labute approximate surface area is 227 Å². The maximum absolute atomic E-state index is 14.0. The van der Waals surface area contributed by atoms with E-state index in [1.165, 1.54) is 17.7 Å². The predicted molar refractivity (Wildman–Crippen MR) is 149 cm³/mol. The van der Waals surface area contributed by atoms with Gasteiger partial charge in [-0.05, 0) is 60.9 Å². The first kappa shape index (κ1) is 24.7. The molecule has 1 aliphatic heterocycles. The summed E-state index contributed by atoms with van der Waals surface area (Å²) in [5.74, 6) is 0.605. The molecule has 2 amide bonds. The smallest absolute Gasteiger partial charge is 0.318 e. The Bertz CT molecular complexity index is 1600. The summed E-state index contributed by atoms with van der Waals surface area (Å²) in [5, 5.41) is 8.13. The second kappa shape index (κ2) is 10.3. The number of hydrogen-bond donors (Lipinski definition) is 1. The third-order valence-corrected chi connectivity index (χ3v) is 7.31. The van der Waals surface area contributed by atoms with Gasteiger partial charge >= 0.3 is 6.03 Å². The highest BCUT2D eigenvalue weighted by molar-refractivity contribution is 5.76. The van der Waals surface area contributed by atoms with E-state index in [0.29, 0.717) is 13.1 Å². The lowest BCUT2D eigenvalue weighted by Gasteiger charge is -2.31. The first-order valence-corrected chi connectivity index (χ1v) is 13.2. The van der Waals surface area contributed by atoms with Crippen molar-refractivity contribution in [1.82, 2.24) is 24.6 Å². The molecule has 6 rings (SSSR count). The van der Waals surface area contributed by atoms with E-state index >= 15 is 0 Å². The van der Waals surface area contributed by atoms with Gasteiger partial charge in [0.2, 0.25) is 0 Å². The molecule has 1 atom stereocenters. The Morgan fingerprint density at radius 2 is 1.72 bits per heavy atom. The quantitative estimate of drug-likeness (QED) is 0.289. The van der Waals surface area contributed by atoms with E-state index < -0.39 is 6.04 Å². The van der Waals surface area contributed by atoms with Crippen LogP contribution in [0.15, 0.2) is 97.2 Å². The van der Waals surface area contributed by atoms with Crippen molar-refractivity contribution in [2.24, 2.45) is 0 Å². The molecule has 0 saturated heterocycles. The minimum absolute atomic E-state index is 0.194. The van der Waals surface area contributed by atoms with Crippen molar-refractivity contribution in [3.8, 4) is 11.5 Å². The van der Waals surface area contributed by atoms with Gasteiger partial charge < -0.3 is 14.8 Å². The molecule has 3 heterocycles. The number of carbonyl (C=O) groups is 1. The SMILES string of the molecule is CCc1nn(-c2ccccc2)c2c1CN(C(=O)NCc1ccc(C)cc1)[C@H](c1ccc(F)cc1)c1cccn1-2. The zero-order valence-corrected chi connectivity index (χ0v) is 22.0. The van der Waals surface area contributed by atoms with E-state index in [2.05, 4.69) is 16.8 Å². The second-order valence-corrected chi connectivity index (χ2v) is 9.88. The number of nitrogens with one attached hydrogen (secondary N) is 1. The van der Waals surface area contributed by atoms with Gasteiger partial charge in [-0.15, -0.1) is 0 Å². The second-order valence-electron chi connectivity index (χ2n) is 9.88. The van der Waals surface area contributed by atoms with Gasteiger partial charge in [0.1, 0.15) is 11.6 Å². The normalized spacial score (nSPS) is 14.4. The first-order valence-electron chi connectivity index (χ1n) is 13.2. The van der Waals surface area contributed by atoms with Crippen LogP contribution in [0.1, 0.15) is 46.6 Å². The number of fused-ring (bicyclic) bond motifs is 3. The molecule has 0 spiro atoms. The molecule has 0 radical (unpaired) electrons. The van der Waals surface area contributed by atoms with Crippen molar-refractivity contribution in [3.05, 3.63) is 137 Å². The van der Waals surface area contributed by atoms with Gasteiger partial charge in [-0.25, -0.2) is 13.9 Å². The van der Waals surface area contributed by atoms with Crippen LogP contribution in [0.4, 0.5) is 9.18 Å². The minimum atomic E-state index is -0.431. The van der Waals surface area contributed by atoms with Crippen LogP contribution in [0.2, 0.25) is 0 Å². The molecule has 6 nitrogen and oxygen atoms in total. The van der Waals surface area contributed by atoms with E-state index in [-0.39, 0.29) is 11.8 Å². The summed E-state index contributed by atoms with van der Waals surface area (Å²) in [6.45, 7) is 4.89. The summed E-state index contributed by atoms with van der Waals surface area (Å²) < 4.78 is 18.0. The maximum atomic E-state index is 14.0. The maximum Gasteiger partial charge on any atom is 0.318 e. The number of aromatic nitrogens is 3. The van der Waals surface area contributed by atoms with E-state index in [0.717, 1.165) is 46.0 Å². The standard InChI is InChI=1S/C32H30FN5O/c1-3-28-27-21-37(32(39)34-20-23-13-11-22(2)12-14-23)30(24-15-17-25(33)18-16-24)29-10-7-19-36(29)31(27)38(35-28)26-8-5-4-6-9-26/h4-19,30H,3,20-21H2,1-2H3,(H,34,39)/t30-/m1/s1. The lowest BCUT2D eigenvalue weighted by atomic mass is 10.0. The number of urea groups is 1. The number of hydrogen-bond acceptors (Lipinski definition) is 2. The zero-order chi connectivity index (χ0) is 26.9. The van der Waals surface area contributed by atoms with Gasteiger partial charge in [-0.3, -0.25) is 0 Å². The lowest BCUT2D eigenvalue weighted by molar-refractivity contribution is 0.180. The van der Waals surface area contributed by atoms with Crippen molar-refractivity contribution >= 4 is 6.03 Å². The fourth-order valence-electron chi connectivity index (χ4n) is 5.33. The van der Waals surface area contributed by atoms with Gasteiger partial charge in [0.25, 0.3) is 0 Å². The number of halogens is 1. The van der Waals surface area contributed by atoms with Crippen LogP contribution in [-0.2, 0) is 19.5 Å². The van der Waals surface area contributed by atoms with Crippen molar-refractivity contribution < 1.29 is 9.18 Å². The summed E-state index contributed by atoms with van der Waals surface area (Å²) in [5.41, 5.74) is 6.82. The summed E-state index contributed by atoms with van der Waals surface area (Å²) in [6.07, 6.45) is 2.73. The molecule has 39 heavy (non-hydrogen) atoms. The zero-order valence-electron chi connectivity index (χ0n) is 22.0. The molecule has 0 unspecified atom stereocenters. The summed E-state index contributed by atoms with van der Waals surface area (Å²) in [4.78, 5) is 15.8. The number of rotatable bonds is 5. The molecule has 0 saturated carbocycles. The molecule has 196 valence electrons. The predicted octanol–water partition coefficient (Wildman–Crippen LogP) is 6.49. The molecule has 7 heteroatoms. The van der Waals surface area contributed by atoms with E-state index in [9.17, 15) is 9.18 Å². The Morgan fingerprint density at radius 3 is 2.44 bits per heavy atom. The van der Waals surface area contributed by atoms with Gasteiger partial charge in [0.05, 0.1) is 29.7 Å². The number of para-hydroxylation sites is 1. The number of benzene rings is 3. The van der Waals surface area contributed by atoms with Gasteiger partial charge in [0.15, 0.2) is 0 Å². The summed E-state index contributed by atoms with van der Waals surface area (Å²) in [7, 11) is 0. The summed E-state index contributed by atoms with van der Waals surface area (Å²) >= 11 is 0. The van der Waals surface area contributed by atoms with Crippen LogP contribution in [0.25, 0.3) is 11.5 Å². The number of nitrogens with zero attached hydrogens (tertiary/aromatic N) is 4. The Morgan fingerprint density at radius 1 is 0.974 bits per heavy atom. The molecule has 0 fully saturated rings. The van der Waals surface area contributed by atoms with Crippen LogP contribution in [0, 0.1) is 12.7 Å². The van der Waals surface area contributed by atoms with Crippen LogP contribution < -0.4 is 5.32 Å². The lowest BCUT2D eigenvalue weighted by Crippen LogP contribution is -2.41. The fraction of sp³-hybridized carbons (Fsp3) is 0.188. The number of amides is 2. The molecular formula is C32H30FN5O. The van der Waals surface area contributed by atoms with Crippen LogP contribution in [0.5, 0.6) is 0 Å². The van der Waals surface area contributed by atoms with Crippen molar-refractivity contribution in [1.29, 1.82) is 0 Å². The average molecular weight is 520 g/mol. The van der Waals surface area contributed by atoms with Crippen LogP contribution in [0.3, 0.4) is 0 Å². The fourth-order valence-corrected chi connectivity index (χ4v) is 5.33. The highest BCUT2D eigenvalue weighted by atomic mass is 19.1. The molecule has 1 aliphatic rings. The van der Waals surface area contributed by atoms with Crippen LogP contribution >= 0.6 is 0 Å². The third kappa shape index (κ3) is 4.61. The van der Waals surface area contributed by atoms with Crippen molar-refractivity contribution in [2.45, 2.75) is 39.4 Å². The first-order chi connectivity index (χ1) is 19.0. The molecular weight excluding hydrogens is 489 g/mol. The molecule has 3 aromatic carbocycles. The molecule has 0 bridgehead atoms. The molecule has 5 aromatic rings. The van der Waals surface area contributed by atoms with E-state index in [1.807, 2.05) is 89.4 Å². The minimum Gasteiger partial charge on any atom is -0.334 e. The van der Waals surface area contributed by atoms with E-state index in [1.54, 1.807) is 12.1 Å². The van der Waals surface area contributed by atoms with Crippen molar-refractivity contribution in [3.63, 3.8) is 0 Å². The molecule has 2 aromatic heterocycles. The Balaban J connectivity index is 1.48. The van der Waals surface area contributed by atoms with Gasteiger partial charge in [-0.2, -0.15) is 5.10 Å². The van der Waals surface area contributed by atoms with Crippen LogP contribution in [-0.4, -0.2) is 25.3 Å². The van der Waals surface area contributed by atoms with Gasteiger partial charge in [-0.1, -0.05) is 67.1 Å². The Hall–Kier alpha value is -4.65.